The van der Waals surface area contributed by atoms with Crippen LogP contribution in [0.4, 0.5) is 45.5 Å². The second kappa shape index (κ2) is 27.6. The summed E-state index contributed by atoms with van der Waals surface area (Å²) in [5.74, 6) is 0. The third-order valence-corrected chi connectivity index (χ3v) is 32.8. The van der Waals surface area contributed by atoms with Crippen molar-refractivity contribution in [1.29, 1.82) is 0 Å². The Kier molecular flexibility index (Phi) is 14.8. The van der Waals surface area contributed by atoms with E-state index in [1.165, 1.54) is 268 Å². The van der Waals surface area contributed by atoms with Gasteiger partial charge in [0.1, 0.15) is 11.2 Å². The molecule has 15 heterocycles. The summed E-state index contributed by atoms with van der Waals surface area (Å²) < 4.78 is 22.0. The molecule has 0 bridgehead atoms. The molecule has 36 rings (SSSR count). The molecule has 638 valence electrons. The molecule has 28 aromatic rings. The molecule has 0 radical (unpaired) electrons. The Labute approximate surface area is 801 Å². The highest BCUT2D eigenvalue weighted by molar-refractivity contribution is 7.27. The van der Waals surface area contributed by atoms with Crippen LogP contribution in [0, 0.1) is 0 Å². The molecule has 0 spiro atoms. The number of furan rings is 1. The lowest BCUT2D eigenvalue weighted by Crippen LogP contribution is -2.51. The number of hydrogen-bond donors (Lipinski definition) is 0. The molecule has 7 aromatic heterocycles. The highest BCUT2D eigenvalue weighted by Crippen LogP contribution is 2.59. The molecule has 10 nitrogen and oxygen atoms in total. The van der Waals surface area contributed by atoms with Crippen LogP contribution < -0.4 is 41.1 Å². The normalized spacial score (nSPS) is 13.6. The van der Waals surface area contributed by atoms with Gasteiger partial charge in [0.25, 0.3) is 0 Å². The van der Waals surface area contributed by atoms with E-state index in [0.29, 0.717) is 0 Å². The van der Waals surface area contributed by atoms with Crippen molar-refractivity contribution in [3.8, 4) is 50.2 Å². The van der Waals surface area contributed by atoms with E-state index in [2.05, 4.69) is 479 Å². The molecule has 0 unspecified atom stereocenters. The second-order valence-electron chi connectivity index (χ2n) is 38.2. The molecular formula is C124H73B4N9OS. The average molecular weight is 1780 g/mol. The van der Waals surface area contributed by atoms with Crippen molar-refractivity contribution in [2.45, 2.75) is 0 Å². The lowest BCUT2D eigenvalue weighted by atomic mass is 9.60. The number of thiophene rings is 1. The largest absolute Gasteiger partial charge is 0.455 e. The number of benzene rings is 21. The van der Waals surface area contributed by atoms with E-state index in [9.17, 15) is 0 Å². The Bertz CT molecular complexity index is 10100. The van der Waals surface area contributed by atoms with E-state index < -0.39 is 0 Å². The van der Waals surface area contributed by atoms with Crippen molar-refractivity contribution in [2.75, 3.05) is 19.2 Å². The summed E-state index contributed by atoms with van der Waals surface area (Å²) >= 11 is 1.93. The van der Waals surface area contributed by atoms with E-state index in [1.54, 1.807) is 0 Å². The minimum atomic E-state index is 0.0490. The minimum Gasteiger partial charge on any atom is -0.455 e. The smallest absolute Gasteiger partial charge is 0.421 e. The summed E-state index contributed by atoms with van der Waals surface area (Å²) in [6.07, 6.45) is 0. The predicted octanol–water partition coefficient (Wildman–Crippen LogP) is 29.2. The van der Waals surface area contributed by atoms with Crippen LogP contribution in [0.5, 0.6) is 0 Å². The number of fused-ring (bicyclic) bond motifs is 58. The number of rotatable bonds is 1. The van der Waals surface area contributed by atoms with Crippen LogP contribution in [-0.2, 0) is 0 Å². The van der Waals surface area contributed by atoms with Gasteiger partial charge in [0.05, 0.1) is 61.2 Å². The SMILES string of the molecule is c1ccc(-n2c3ccccc3c3c4c(ccc32)B2N(c3ccccc3-4)c3cccc4c5ccccc5n2c34)cc1.c1ccc2c(c1)B1N(c3ccccc3-2)c2cc3c4ccccc4oc3c3c4ccccc4n1c23.c1ccc2c(c1)B1N(c3ccccc3-2)c2cc3c4ccccc4sc3c3c4ccccc4n1c23.c1ccc2c(c1)B1N(c3ccccc3-2)c2cc3ccccc3c3c4ccccc4n1c23. The van der Waals surface area contributed by atoms with Crippen LogP contribution in [0.2, 0.25) is 0 Å². The molecule has 0 aliphatic carbocycles. The third-order valence-electron chi connectivity index (χ3n) is 31.6. The lowest BCUT2D eigenvalue weighted by molar-refractivity contribution is 0.673. The Morgan fingerprint density at radius 1 is 0.209 bits per heavy atom. The Hall–Kier alpha value is -17.6. The van der Waals surface area contributed by atoms with Crippen molar-refractivity contribution >= 4 is 269 Å². The van der Waals surface area contributed by atoms with Gasteiger partial charge < -0.3 is 46.1 Å². The number of aromatic nitrogens is 5. The topological polar surface area (TPSA) is 50.8 Å². The molecule has 0 amide bonds. The van der Waals surface area contributed by atoms with E-state index in [4.69, 9.17) is 4.42 Å². The van der Waals surface area contributed by atoms with Gasteiger partial charge in [-0.05, 0) is 164 Å². The molecule has 139 heavy (non-hydrogen) atoms. The molecule has 8 aliphatic rings. The zero-order valence-corrected chi connectivity index (χ0v) is 75.6. The van der Waals surface area contributed by atoms with Gasteiger partial charge >= 0.3 is 27.9 Å². The first-order valence-corrected chi connectivity index (χ1v) is 49.1. The Morgan fingerprint density at radius 2 is 0.597 bits per heavy atom. The van der Waals surface area contributed by atoms with Crippen molar-refractivity contribution in [3.05, 3.63) is 443 Å². The molecular weight excluding hydrogens is 1710 g/mol. The Morgan fingerprint density at radius 3 is 1.19 bits per heavy atom. The zero-order chi connectivity index (χ0) is 90.0. The number of nitrogens with zero attached hydrogens (tertiary/aromatic N) is 9. The fourth-order valence-corrected chi connectivity index (χ4v) is 27.7. The highest BCUT2D eigenvalue weighted by Gasteiger charge is 2.51. The predicted molar refractivity (Wildman–Crippen MR) is 589 cm³/mol. The van der Waals surface area contributed by atoms with Gasteiger partial charge in [-0.15, -0.1) is 11.3 Å². The van der Waals surface area contributed by atoms with Crippen molar-refractivity contribution in [2.24, 2.45) is 0 Å². The molecule has 8 aliphatic heterocycles. The first-order chi connectivity index (χ1) is 69.1. The van der Waals surface area contributed by atoms with Crippen LogP contribution in [0.1, 0.15) is 0 Å². The van der Waals surface area contributed by atoms with Gasteiger partial charge in [-0.3, -0.25) is 0 Å². The van der Waals surface area contributed by atoms with E-state index in [0.717, 1.165) is 11.2 Å². The first-order valence-electron chi connectivity index (χ1n) is 48.2. The lowest BCUT2D eigenvalue weighted by Gasteiger charge is -2.35. The minimum absolute atomic E-state index is 0.0490. The molecule has 0 saturated carbocycles. The molecule has 0 fully saturated rings. The fourth-order valence-electron chi connectivity index (χ4n) is 26.5. The third kappa shape index (κ3) is 9.63. The van der Waals surface area contributed by atoms with Crippen LogP contribution in [0.15, 0.2) is 447 Å². The van der Waals surface area contributed by atoms with Gasteiger partial charge in [-0.2, -0.15) is 0 Å². The van der Waals surface area contributed by atoms with E-state index in [-0.39, 0.29) is 27.9 Å². The highest BCUT2D eigenvalue weighted by atomic mass is 32.1. The second-order valence-corrected chi connectivity index (χ2v) is 39.2. The zero-order valence-electron chi connectivity index (χ0n) is 74.8. The molecule has 0 atom stereocenters. The van der Waals surface area contributed by atoms with Gasteiger partial charge in [0, 0.05) is 152 Å². The molecule has 0 saturated heterocycles. The maximum atomic E-state index is 6.53. The maximum absolute atomic E-state index is 6.53. The van der Waals surface area contributed by atoms with Gasteiger partial charge in [-0.1, -0.05) is 334 Å². The van der Waals surface area contributed by atoms with Crippen LogP contribution >= 0.6 is 11.3 Å². The quantitative estimate of drug-likeness (QED) is 0.153. The summed E-state index contributed by atoms with van der Waals surface area (Å²) in [6, 6.07) is 162. The standard InChI is InChI=1S/C36H22BN3.C30H17BN2O.C30H17BN2S.C28H17BN2/c1-2-11-23(12-3-1)38-29-17-7-5-14-26(29)35-32(38)22-21-28-34(35)27-15-6-9-19-31(27)39-33-20-10-16-25-24-13-4-8-18-30(24)40(36(25)33)37(28)39;2*1-5-13-23-18(9-1)19-10-2-6-14-24(19)32-26-17-22-20-11-4-8-16-27(20)34-30(22)28-21-12-3-7-15-25(21)33(29(26)28)31(23)32;1-2-10-19-18(9-1)17-26-28-27(19)22-13-5-8-16-25(22)31(28)29-23-14-6-3-11-20(23)21-12-4-7-15-24(21)30(26)29/h1-22H;2*1-17H;1-17H. The van der Waals surface area contributed by atoms with Crippen molar-refractivity contribution < 1.29 is 4.42 Å². The monoisotopic (exact) mass is 1780 g/mol. The number of para-hydroxylation sites is 12. The summed E-state index contributed by atoms with van der Waals surface area (Å²) in [6.45, 7) is 0.362. The maximum Gasteiger partial charge on any atom is 0.421 e. The van der Waals surface area contributed by atoms with Crippen molar-refractivity contribution in [1.82, 2.24) is 22.5 Å². The van der Waals surface area contributed by atoms with Crippen LogP contribution in [-0.4, -0.2) is 50.4 Å². The molecule has 21 aromatic carbocycles. The summed E-state index contributed by atoms with van der Waals surface area (Å²) in [7, 11) is 0. The first kappa shape index (κ1) is 74.8. The molecule has 15 heteroatoms. The van der Waals surface area contributed by atoms with Gasteiger partial charge in [-0.25, -0.2) is 0 Å². The Balaban J connectivity index is 0.0000000828. The summed E-state index contributed by atoms with van der Waals surface area (Å²) in [5.41, 5.74) is 42.2. The summed E-state index contributed by atoms with van der Waals surface area (Å²) in [5, 5.41) is 20.9. The average Bonchev–Trinajstić information content (AvgIpc) is 1.49. The summed E-state index contributed by atoms with van der Waals surface area (Å²) in [4.78, 5) is 10.2. The van der Waals surface area contributed by atoms with E-state index in [1.807, 2.05) is 17.4 Å². The van der Waals surface area contributed by atoms with Gasteiger partial charge in [0.15, 0.2) is 0 Å². The van der Waals surface area contributed by atoms with Crippen LogP contribution in [0.25, 0.3) is 212 Å². The van der Waals surface area contributed by atoms with Crippen LogP contribution in [0.3, 0.4) is 0 Å². The number of anilines is 8. The number of hydrogen-bond acceptors (Lipinski definition) is 6. The van der Waals surface area contributed by atoms with Gasteiger partial charge in [0.2, 0.25) is 0 Å². The van der Waals surface area contributed by atoms with Crippen molar-refractivity contribution in [3.63, 3.8) is 0 Å². The van der Waals surface area contributed by atoms with E-state index >= 15 is 0 Å². The molecule has 0 N–H and O–H groups in total. The fraction of sp³-hybridized carbons (Fsp3) is 0.